The smallest absolute Gasteiger partial charge is 0.410 e. The lowest BCUT2D eigenvalue weighted by atomic mass is 9.97. The minimum Gasteiger partial charge on any atom is -0.545 e. The number of amides is 1. The Morgan fingerprint density at radius 2 is 1.80 bits per heavy atom. The number of likely N-dealkylation sites (tertiary alicyclic amines) is 1. The van der Waals surface area contributed by atoms with Crippen molar-refractivity contribution in [1.82, 2.24) is 14.7 Å². The number of rotatable bonds is 6. The average Bonchev–Trinajstić information content (AvgIpc) is 3.24. The number of aromatic nitrogens is 2. The summed E-state index contributed by atoms with van der Waals surface area (Å²) in [5.41, 5.74) is 0.759. The summed E-state index contributed by atoms with van der Waals surface area (Å²) in [6.45, 7) is 20.5. The number of carbonyl (C=O) groups is 1. The van der Waals surface area contributed by atoms with Gasteiger partial charge in [-0.2, -0.15) is 5.10 Å². The van der Waals surface area contributed by atoms with Gasteiger partial charge in [0.1, 0.15) is 17.0 Å². The third kappa shape index (κ3) is 6.77. The fourth-order valence-electron chi connectivity index (χ4n) is 4.96. The molecule has 4 rings (SSSR count). The number of fused-ring (bicyclic) bond motifs is 1. The van der Waals surface area contributed by atoms with E-state index in [9.17, 15) is 14.9 Å². The van der Waals surface area contributed by atoms with Gasteiger partial charge in [0.2, 0.25) is 8.32 Å². The molecule has 1 aromatic carbocycles. The second-order valence-corrected chi connectivity index (χ2v) is 18.5. The van der Waals surface area contributed by atoms with Gasteiger partial charge >= 0.3 is 6.09 Å². The molecule has 0 bridgehead atoms. The molecule has 0 unspecified atom stereocenters. The van der Waals surface area contributed by atoms with Crippen molar-refractivity contribution in [2.24, 2.45) is 5.92 Å². The van der Waals surface area contributed by atoms with E-state index in [1.165, 1.54) is 0 Å². The van der Waals surface area contributed by atoms with Gasteiger partial charge in [-0.25, -0.2) is 4.79 Å². The van der Waals surface area contributed by atoms with Crippen LogP contribution in [0.2, 0.25) is 18.1 Å². The molecule has 0 N–H and O–H groups in total. The summed E-state index contributed by atoms with van der Waals surface area (Å²) in [6, 6.07) is 3.30. The normalized spacial score (nSPS) is 19.0. The number of nitrogens with zero attached hydrogens (tertiary/aromatic N) is 5. The van der Waals surface area contributed by atoms with Crippen LogP contribution in [0.25, 0.3) is 10.9 Å². The molecule has 10 nitrogen and oxygen atoms in total. The predicted octanol–water partition coefficient (Wildman–Crippen LogP) is 7.22. The molecule has 11 heteroatoms. The molecule has 0 radical (unpaired) electrons. The lowest BCUT2D eigenvalue weighted by Gasteiger charge is -2.41. The van der Waals surface area contributed by atoms with E-state index in [1.54, 1.807) is 17.2 Å². The van der Waals surface area contributed by atoms with Gasteiger partial charge in [-0.1, -0.05) is 20.8 Å². The molecule has 1 atom stereocenters. The van der Waals surface area contributed by atoms with Crippen LogP contribution < -0.4 is 4.90 Å². The summed E-state index contributed by atoms with van der Waals surface area (Å²) in [6.07, 6.45) is 8.87. The first-order chi connectivity index (χ1) is 19.0. The van der Waals surface area contributed by atoms with Crippen LogP contribution in [0.4, 0.5) is 16.2 Å². The molecule has 0 aliphatic carbocycles. The molecule has 2 aromatic rings. The third-order valence-corrected chi connectivity index (χ3v) is 12.8. The summed E-state index contributed by atoms with van der Waals surface area (Å²) in [4.78, 5) is 28.1. The number of nitro groups is 1. The number of hydrogen-bond donors (Lipinski definition) is 0. The molecule has 0 spiro atoms. The SMILES string of the molecule is C[C@H]1C(O[Si](C)(C)C(C)(C)C)=CC=CN1c1cc2cnn(CC3CCN(C(=O)OC(C)(C)C)CC3)c2cc1[N+](=O)[O-]. The van der Waals surface area contributed by atoms with Crippen LogP contribution in [0.3, 0.4) is 0 Å². The van der Waals surface area contributed by atoms with Crippen molar-refractivity contribution in [1.29, 1.82) is 0 Å². The Hall–Kier alpha value is -3.34. The highest BCUT2D eigenvalue weighted by Crippen LogP contribution is 2.41. The van der Waals surface area contributed by atoms with Gasteiger partial charge in [0.15, 0.2) is 0 Å². The summed E-state index contributed by atoms with van der Waals surface area (Å²) in [5.74, 6) is 1.13. The monoisotopic (exact) mass is 583 g/mol. The fourth-order valence-corrected chi connectivity index (χ4v) is 6.10. The van der Waals surface area contributed by atoms with Crippen LogP contribution in [0.1, 0.15) is 61.3 Å². The van der Waals surface area contributed by atoms with Crippen molar-refractivity contribution in [2.75, 3.05) is 18.0 Å². The van der Waals surface area contributed by atoms with E-state index in [4.69, 9.17) is 9.16 Å². The van der Waals surface area contributed by atoms with Crippen LogP contribution in [0.15, 0.2) is 42.4 Å². The third-order valence-electron chi connectivity index (χ3n) is 8.43. The van der Waals surface area contributed by atoms with E-state index in [2.05, 4.69) is 39.0 Å². The first-order valence-corrected chi connectivity index (χ1v) is 17.4. The van der Waals surface area contributed by atoms with Gasteiger partial charge in [-0.3, -0.25) is 14.8 Å². The van der Waals surface area contributed by atoms with Crippen molar-refractivity contribution < 1.29 is 18.9 Å². The van der Waals surface area contributed by atoms with E-state index in [1.807, 2.05) is 61.7 Å². The number of ether oxygens (including phenoxy) is 1. The van der Waals surface area contributed by atoms with Crippen LogP contribution in [-0.4, -0.2) is 58.7 Å². The summed E-state index contributed by atoms with van der Waals surface area (Å²) < 4.78 is 14.0. The van der Waals surface area contributed by atoms with Crippen molar-refractivity contribution in [2.45, 2.75) is 97.6 Å². The Balaban J connectivity index is 1.53. The van der Waals surface area contributed by atoms with Gasteiger partial charge in [0.05, 0.1) is 22.7 Å². The highest BCUT2D eigenvalue weighted by atomic mass is 28.4. The molecule has 3 heterocycles. The molecule has 1 saturated heterocycles. The van der Waals surface area contributed by atoms with Gasteiger partial charge in [0.25, 0.3) is 5.69 Å². The zero-order chi connectivity index (χ0) is 30.3. The maximum atomic E-state index is 12.4. The first-order valence-electron chi connectivity index (χ1n) is 14.4. The number of benzene rings is 1. The van der Waals surface area contributed by atoms with Crippen molar-refractivity contribution in [3.05, 3.63) is 52.6 Å². The van der Waals surface area contributed by atoms with Crippen molar-refractivity contribution in [3.63, 3.8) is 0 Å². The second-order valence-electron chi connectivity index (χ2n) is 13.8. The molecule has 2 aliphatic rings. The predicted molar refractivity (Wildman–Crippen MR) is 164 cm³/mol. The van der Waals surface area contributed by atoms with Crippen molar-refractivity contribution in [3.8, 4) is 0 Å². The highest BCUT2D eigenvalue weighted by Gasteiger charge is 2.41. The van der Waals surface area contributed by atoms with Crippen LogP contribution in [0.5, 0.6) is 0 Å². The maximum Gasteiger partial charge on any atom is 0.410 e. The van der Waals surface area contributed by atoms with Gasteiger partial charge in [0, 0.05) is 37.3 Å². The van der Waals surface area contributed by atoms with Crippen LogP contribution in [-0.2, 0) is 15.7 Å². The average molecular weight is 584 g/mol. The largest absolute Gasteiger partial charge is 0.545 e. The van der Waals surface area contributed by atoms with E-state index < -0.39 is 13.9 Å². The zero-order valence-electron chi connectivity index (χ0n) is 25.9. The molecule has 1 amide bonds. The quantitative estimate of drug-likeness (QED) is 0.201. The van der Waals surface area contributed by atoms with E-state index in [0.29, 0.717) is 31.2 Å². The minimum atomic E-state index is -2.09. The number of allylic oxidation sites excluding steroid dienone is 2. The Kier molecular flexibility index (Phi) is 8.32. The Labute approximate surface area is 244 Å². The van der Waals surface area contributed by atoms with E-state index in [0.717, 1.165) is 29.5 Å². The number of hydrogen-bond acceptors (Lipinski definition) is 7. The van der Waals surface area contributed by atoms with Gasteiger partial charge in [-0.05, 0) is 82.8 Å². The lowest BCUT2D eigenvalue weighted by molar-refractivity contribution is -0.384. The summed E-state index contributed by atoms with van der Waals surface area (Å²) in [5, 5.41) is 17.8. The number of anilines is 1. The molecule has 1 fully saturated rings. The first kappa shape index (κ1) is 30.6. The fraction of sp³-hybridized carbons (Fsp3) is 0.600. The molecule has 0 saturated carbocycles. The minimum absolute atomic E-state index is 0.0315. The molecule has 41 heavy (non-hydrogen) atoms. The Morgan fingerprint density at radius 1 is 1.15 bits per heavy atom. The molecule has 2 aliphatic heterocycles. The van der Waals surface area contributed by atoms with Crippen LogP contribution >= 0.6 is 0 Å². The van der Waals surface area contributed by atoms with Gasteiger partial charge < -0.3 is 19.0 Å². The molecular weight excluding hydrogens is 538 g/mol. The molecule has 224 valence electrons. The summed E-state index contributed by atoms with van der Waals surface area (Å²) >= 11 is 0. The van der Waals surface area contributed by atoms with Crippen molar-refractivity contribution >= 4 is 36.7 Å². The maximum absolute atomic E-state index is 12.4. The molecule has 1 aromatic heterocycles. The molecular formula is C30H45N5O5Si. The number of nitro benzene ring substituents is 1. The zero-order valence-corrected chi connectivity index (χ0v) is 26.9. The topological polar surface area (TPSA) is 103 Å². The second kappa shape index (κ2) is 11.1. The lowest BCUT2D eigenvalue weighted by Crippen LogP contribution is -2.44. The van der Waals surface area contributed by atoms with E-state index >= 15 is 0 Å². The Morgan fingerprint density at radius 3 is 2.39 bits per heavy atom. The standard InChI is InChI=1S/C30H45N5O5Si/c1-21-27(40-41(8,9)30(5,6)7)11-10-14-33(21)25-17-23-19-31-34(24(23)18-26(25)35(37)38)20-22-12-15-32(16-13-22)28(36)39-29(2,3)4/h10-11,14,17-19,21-22H,12-13,15-16,20H2,1-9H3/t21-/m0/s1. The number of piperidine rings is 1. The highest BCUT2D eigenvalue weighted by molar-refractivity contribution is 6.74. The van der Waals surface area contributed by atoms with Crippen LogP contribution in [0, 0.1) is 16.0 Å². The Bertz CT molecular complexity index is 1360. The van der Waals surface area contributed by atoms with Gasteiger partial charge in [-0.15, -0.1) is 0 Å². The van der Waals surface area contributed by atoms with E-state index in [-0.39, 0.29) is 27.8 Å². The summed E-state index contributed by atoms with van der Waals surface area (Å²) in [7, 11) is -2.09. The number of carbonyl (C=O) groups excluding carboxylic acids is 1.